The van der Waals surface area contributed by atoms with Crippen LogP contribution in [0.2, 0.25) is 5.02 Å². The normalized spacial score (nSPS) is 10.7. The highest BCUT2D eigenvalue weighted by atomic mass is 35.5. The van der Waals surface area contributed by atoms with Crippen molar-refractivity contribution in [1.29, 1.82) is 0 Å². The molecule has 3 aromatic rings. The monoisotopic (exact) mass is 326 g/mol. The van der Waals surface area contributed by atoms with Gasteiger partial charge in [0.25, 0.3) is 5.91 Å². The number of hydrogen-bond donors (Lipinski definition) is 1. The van der Waals surface area contributed by atoms with Crippen LogP contribution in [0.4, 0.5) is 0 Å². The Hall–Kier alpha value is -2.66. The van der Waals surface area contributed by atoms with Crippen molar-refractivity contribution in [2.24, 2.45) is 5.73 Å². The first kappa shape index (κ1) is 15.2. The minimum atomic E-state index is -0.664. The van der Waals surface area contributed by atoms with Crippen molar-refractivity contribution in [2.75, 3.05) is 0 Å². The van der Waals surface area contributed by atoms with E-state index in [0.717, 1.165) is 16.8 Å². The van der Waals surface area contributed by atoms with Crippen molar-refractivity contribution in [1.82, 2.24) is 14.8 Å². The molecule has 5 nitrogen and oxygen atoms in total. The molecule has 2 aromatic carbocycles. The van der Waals surface area contributed by atoms with Crippen molar-refractivity contribution >= 4 is 17.5 Å². The van der Waals surface area contributed by atoms with E-state index in [9.17, 15) is 4.79 Å². The zero-order valence-electron chi connectivity index (χ0n) is 12.7. The summed E-state index contributed by atoms with van der Waals surface area (Å²) < 4.78 is 1.62. The molecule has 0 bridgehead atoms. The van der Waals surface area contributed by atoms with Gasteiger partial charge in [-0.15, -0.1) is 5.10 Å². The van der Waals surface area contributed by atoms with Gasteiger partial charge in [-0.25, -0.2) is 9.67 Å². The lowest BCUT2D eigenvalue weighted by molar-refractivity contribution is 0.0990. The van der Waals surface area contributed by atoms with Crippen molar-refractivity contribution < 1.29 is 4.79 Å². The van der Waals surface area contributed by atoms with Crippen LogP contribution in [0.5, 0.6) is 0 Å². The molecule has 0 aliphatic heterocycles. The average molecular weight is 327 g/mol. The van der Waals surface area contributed by atoms with E-state index in [1.807, 2.05) is 44.2 Å². The van der Waals surface area contributed by atoms with E-state index in [4.69, 9.17) is 17.3 Å². The SMILES string of the molecule is Cc1ccc(-n2nc(C(N)=O)nc2-c2ccc(Cl)cc2)cc1C. The van der Waals surface area contributed by atoms with Crippen LogP contribution in [-0.4, -0.2) is 20.7 Å². The van der Waals surface area contributed by atoms with Gasteiger partial charge in [0.05, 0.1) is 5.69 Å². The van der Waals surface area contributed by atoms with Crippen molar-refractivity contribution in [3.8, 4) is 17.1 Å². The van der Waals surface area contributed by atoms with Crippen LogP contribution in [0.1, 0.15) is 21.7 Å². The number of benzene rings is 2. The average Bonchev–Trinajstić information content (AvgIpc) is 2.96. The Labute approximate surface area is 138 Å². The fourth-order valence-corrected chi connectivity index (χ4v) is 2.37. The smallest absolute Gasteiger partial charge is 0.288 e. The summed E-state index contributed by atoms with van der Waals surface area (Å²) in [5, 5.41) is 4.87. The molecule has 2 N–H and O–H groups in total. The maximum atomic E-state index is 11.5. The van der Waals surface area contributed by atoms with Gasteiger partial charge in [-0.3, -0.25) is 4.79 Å². The predicted molar refractivity (Wildman–Crippen MR) is 89.8 cm³/mol. The lowest BCUT2D eigenvalue weighted by atomic mass is 10.1. The molecule has 0 saturated heterocycles. The second-order valence-electron chi connectivity index (χ2n) is 5.31. The minimum Gasteiger partial charge on any atom is -0.363 e. The van der Waals surface area contributed by atoms with E-state index in [-0.39, 0.29) is 5.82 Å². The van der Waals surface area contributed by atoms with Crippen LogP contribution < -0.4 is 5.73 Å². The Morgan fingerprint density at radius 2 is 1.78 bits per heavy atom. The number of amides is 1. The van der Waals surface area contributed by atoms with Gasteiger partial charge in [-0.05, 0) is 61.4 Å². The number of halogens is 1. The Balaban J connectivity index is 2.20. The van der Waals surface area contributed by atoms with Gasteiger partial charge in [0.15, 0.2) is 5.82 Å². The molecule has 0 saturated carbocycles. The largest absolute Gasteiger partial charge is 0.363 e. The lowest BCUT2D eigenvalue weighted by Crippen LogP contribution is -2.13. The predicted octanol–water partition coefficient (Wildman–Crippen LogP) is 3.30. The number of carbonyl (C=O) groups excluding carboxylic acids is 1. The number of carbonyl (C=O) groups is 1. The number of hydrogen-bond acceptors (Lipinski definition) is 3. The summed E-state index contributed by atoms with van der Waals surface area (Å²) in [6.07, 6.45) is 0. The minimum absolute atomic E-state index is 0.0202. The fraction of sp³-hybridized carbons (Fsp3) is 0.118. The van der Waals surface area contributed by atoms with Crippen molar-refractivity contribution in [3.63, 3.8) is 0 Å². The van der Waals surface area contributed by atoms with E-state index in [1.165, 1.54) is 5.56 Å². The molecule has 1 heterocycles. The Morgan fingerprint density at radius 1 is 1.09 bits per heavy atom. The zero-order chi connectivity index (χ0) is 16.6. The molecule has 0 aliphatic rings. The van der Waals surface area contributed by atoms with Crippen LogP contribution >= 0.6 is 11.6 Å². The summed E-state index contributed by atoms with van der Waals surface area (Å²) in [7, 11) is 0. The second-order valence-corrected chi connectivity index (χ2v) is 5.75. The fourth-order valence-electron chi connectivity index (χ4n) is 2.24. The molecule has 0 radical (unpaired) electrons. The highest BCUT2D eigenvalue weighted by Gasteiger charge is 2.17. The highest BCUT2D eigenvalue weighted by Crippen LogP contribution is 2.24. The maximum Gasteiger partial charge on any atom is 0.288 e. The van der Waals surface area contributed by atoms with Gasteiger partial charge < -0.3 is 5.73 Å². The second kappa shape index (κ2) is 5.85. The molecule has 0 fully saturated rings. The Bertz CT molecular complexity index is 884. The van der Waals surface area contributed by atoms with Crippen LogP contribution in [0.3, 0.4) is 0 Å². The molecule has 0 aliphatic carbocycles. The van der Waals surface area contributed by atoms with Crippen LogP contribution in [0.25, 0.3) is 17.1 Å². The van der Waals surface area contributed by atoms with Crippen LogP contribution in [0, 0.1) is 13.8 Å². The molecule has 116 valence electrons. The van der Waals surface area contributed by atoms with E-state index in [1.54, 1.807) is 16.8 Å². The molecule has 23 heavy (non-hydrogen) atoms. The molecule has 0 atom stereocenters. The number of aromatic nitrogens is 3. The summed E-state index contributed by atoms with van der Waals surface area (Å²) in [6, 6.07) is 13.1. The van der Waals surface area contributed by atoms with E-state index >= 15 is 0 Å². The van der Waals surface area contributed by atoms with Gasteiger partial charge in [0.1, 0.15) is 0 Å². The van der Waals surface area contributed by atoms with Gasteiger partial charge in [0.2, 0.25) is 5.82 Å². The number of nitrogens with two attached hydrogens (primary N) is 1. The van der Waals surface area contributed by atoms with E-state index in [0.29, 0.717) is 10.8 Å². The van der Waals surface area contributed by atoms with Crippen molar-refractivity contribution in [2.45, 2.75) is 13.8 Å². The highest BCUT2D eigenvalue weighted by molar-refractivity contribution is 6.30. The third kappa shape index (κ3) is 2.96. The van der Waals surface area contributed by atoms with Crippen LogP contribution in [0.15, 0.2) is 42.5 Å². The van der Waals surface area contributed by atoms with Crippen LogP contribution in [-0.2, 0) is 0 Å². The molecule has 0 spiro atoms. The Kier molecular flexibility index (Phi) is 3.88. The van der Waals surface area contributed by atoms with Gasteiger partial charge in [0, 0.05) is 10.6 Å². The zero-order valence-corrected chi connectivity index (χ0v) is 13.5. The van der Waals surface area contributed by atoms with Gasteiger partial charge in [-0.2, -0.15) is 0 Å². The van der Waals surface area contributed by atoms with E-state index < -0.39 is 5.91 Å². The molecule has 0 unspecified atom stereocenters. The summed E-state index contributed by atoms with van der Waals surface area (Å²) in [4.78, 5) is 15.7. The maximum absolute atomic E-state index is 11.5. The first-order chi connectivity index (χ1) is 11.0. The summed E-state index contributed by atoms with van der Waals surface area (Å²) in [6.45, 7) is 4.06. The first-order valence-corrected chi connectivity index (χ1v) is 7.44. The number of primary amides is 1. The third-order valence-electron chi connectivity index (χ3n) is 3.67. The summed E-state index contributed by atoms with van der Waals surface area (Å²) >= 11 is 5.93. The molecule has 1 amide bonds. The molecular weight excluding hydrogens is 312 g/mol. The lowest BCUT2D eigenvalue weighted by Gasteiger charge is -2.08. The summed E-state index contributed by atoms with van der Waals surface area (Å²) in [5.41, 5.74) is 9.25. The first-order valence-electron chi connectivity index (χ1n) is 7.06. The quantitative estimate of drug-likeness (QED) is 0.802. The van der Waals surface area contributed by atoms with Gasteiger partial charge >= 0.3 is 0 Å². The third-order valence-corrected chi connectivity index (χ3v) is 3.92. The summed E-state index contributed by atoms with van der Waals surface area (Å²) in [5.74, 6) is -0.144. The molecular formula is C17H15ClN4O. The van der Waals surface area contributed by atoms with Crippen molar-refractivity contribution in [3.05, 3.63) is 64.4 Å². The number of aryl methyl sites for hydroxylation is 2. The topological polar surface area (TPSA) is 73.8 Å². The number of nitrogens with zero attached hydrogens (tertiary/aromatic N) is 3. The molecule has 1 aromatic heterocycles. The van der Waals surface area contributed by atoms with E-state index in [2.05, 4.69) is 10.1 Å². The molecule has 6 heteroatoms. The standard InChI is InChI=1S/C17H15ClN4O/c1-10-3-8-14(9-11(10)2)22-17(20-16(21-22)15(19)23)12-4-6-13(18)7-5-12/h3-9H,1-2H3,(H2,19,23). The molecule has 3 rings (SSSR count). The van der Waals surface area contributed by atoms with Gasteiger partial charge in [-0.1, -0.05) is 17.7 Å². The number of rotatable bonds is 3. The Morgan fingerprint density at radius 3 is 2.39 bits per heavy atom.